The smallest absolute Gasteiger partial charge is 0.236 e. The van der Waals surface area contributed by atoms with Gasteiger partial charge in [0, 0.05) is 28.1 Å². The lowest BCUT2D eigenvalue weighted by Gasteiger charge is -2.08. The van der Waals surface area contributed by atoms with Gasteiger partial charge in [0.2, 0.25) is 5.91 Å². The van der Waals surface area contributed by atoms with Crippen LogP contribution in [0.3, 0.4) is 0 Å². The van der Waals surface area contributed by atoms with E-state index in [1.54, 1.807) is 6.08 Å². The number of halogens is 1. The van der Waals surface area contributed by atoms with Gasteiger partial charge in [0.05, 0.1) is 11.4 Å². The van der Waals surface area contributed by atoms with Gasteiger partial charge in [-0.15, -0.1) is 28.1 Å². The number of thiazole rings is 1. The van der Waals surface area contributed by atoms with Gasteiger partial charge in [-0.3, -0.25) is 9.36 Å². The van der Waals surface area contributed by atoms with E-state index >= 15 is 0 Å². The lowest BCUT2D eigenvalue weighted by atomic mass is 10.1. The number of aromatic nitrogens is 4. The summed E-state index contributed by atoms with van der Waals surface area (Å²) in [4.78, 5) is 17.0. The molecule has 1 amide bonds. The summed E-state index contributed by atoms with van der Waals surface area (Å²) < 4.78 is 1.91. The van der Waals surface area contributed by atoms with E-state index in [2.05, 4.69) is 27.1 Å². The Balaban J connectivity index is 1.42. The summed E-state index contributed by atoms with van der Waals surface area (Å²) in [6.45, 7) is 6.38. The number of rotatable bonds is 8. The van der Waals surface area contributed by atoms with Crippen molar-refractivity contribution in [2.75, 3.05) is 11.1 Å². The first-order valence-corrected chi connectivity index (χ1v) is 12.0. The number of carbonyl (C=O) groups is 1. The molecule has 4 rings (SSSR count). The summed E-state index contributed by atoms with van der Waals surface area (Å²) in [5.41, 5.74) is 3.91. The van der Waals surface area contributed by atoms with Gasteiger partial charge in [0.15, 0.2) is 16.1 Å². The molecule has 2 aromatic carbocycles. The van der Waals surface area contributed by atoms with Crippen molar-refractivity contribution in [3.8, 4) is 22.6 Å². The molecule has 0 aliphatic heterocycles. The Kier molecular flexibility index (Phi) is 7.04. The summed E-state index contributed by atoms with van der Waals surface area (Å²) in [5.74, 6) is 0.708. The number of hydrogen-bond acceptors (Lipinski definition) is 6. The van der Waals surface area contributed by atoms with Crippen molar-refractivity contribution < 1.29 is 4.79 Å². The summed E-state index contributed by atoms with van der Waals surface area (Å²) in [7, 11) is 0. The topological polar surface area (TPSA) is 72.7 Å². The standard InChI is InChI=1S/C23H20ClN5OS2/c1-3-11-29-21(17-5-4-6-18(24)12-17)27-28-23(29)32-14-20(30)26-22-25-19(13-31-22)16-9-7-15(2)8-10-16/h3-10,12-13H,1,11,14H2,2H3,(H,25,26,30). The Labute approximate surface area is 199 Å². The van der Waals surface area contributed by atoms with Crippen LogP contribution in [0, 0.1) is 6.92 Å². The highest BCUT2D eigenvalue weighted by atomic mass is 35.5. The van der Waals surface area contributed by atoms with E-state index in [0.29, 0.717) is 27.7 Å². The van der Waals surface area contributed by atoms with E-state index < -0.39 is 0 Å². The molecule has 0 atom stereocenters. The maximum atomic E-state index is 12.5. The largest absolute Gasteiger partial charge is 0.301 e. The van der Waals surface area contributed by atoms with E-state index in [1.807, 2.05) is 65.4 Å². The number of anilines is 1. The van der Waals surface area contributed by atoms with E-state index in [4.69, 9.17) is 11.6 Å². The highest BCUT2D eigenvalue weighted by Crippen LogP contribution is 2.27. The van der Waals surface area contributed by atoms with E-state index in [9.17, 15) is 4.79 Å². The predicted molar refractivity (Wildman–Crippen MR) is 132 cm³/mol. The van der Waals surface area contributed by atoms with Gasteiger partial charge in [0.1, 0.15) is 0 Å². The van der Waals surface area contributed by atoms with E-state index in [0.717, 1.165) is 16.8 Å². The molecule has 0 aliphatic rings. The highest BCUT2D eigenvalue weighted by molar-refractivity contribution is 7.99. The number of nitrogens with one attached hydrogen (secondary N) is 1. The predicted octanol–water partition coefficient (Wildman–Crippen LogP) is 5.95. The first-order chi connectivity index (χ1) is 15.5. The first kappa shape index (κ1) is 22.3. The Morgan fingerprint density at radius 1 is 1.22 bits per heavy atom. The van der Waals surface area contributed by atoms with Crippen molar-refractivity contribution in [2.24, 2.45) is 0 Å². The minimum absolute atomic E-state index is 0.155. The maximum Gasteiger partial charge on any atom is 0.236 e. The van der Waals surface area contributed by atoms with Crippen LogP contribution in [0.4, 0.5) is 5.13 Å². The van der Waals surface area contributed by atoms with E-state index in [1.165, 1.54) is 28.7 Å². The minimum atomic E-state index is -0.155. The lowest BCUT2D eigenvalue weighted by molar-refractivity contribution is -0.113. The van der Waals surface area contributed by atoms with Crippen LogP contribution in [-0.2, 0) is 11.3 Å². The second-order valence-corrected chi connectivity index (χ2v) is 9.19. The zero-order valence-electron chi connectivity index (χ0n) is 17.3. The molecule has 9 heteroatoms. The number of hydrogen-bond donors (Lipinski definition) is 1. The third kappa shape index (κ3) is 5.27. The monoisotopic (exact) mass is 481 g/mol. The van der Waals surface area contributed by atoms with Crippen LogP contribution in [0.15, 0.2) is 71.7 Å². The molecular formula is C23H20ClN5OS2. The molecule has 0 aliphatic carbocycles. The number of benzene rings is 2. The van der Waals surface area contributed by atoms with Crippen LogP contribution in [0.2, 0.25) is 5.02 Å². The summed E-state index contributed by atoms with van der Waals surface area (Å²) >= 11 is 8.83. The second kappa shape index (κ2) is 10.1. The fraction of sp³-hybridized carbons (Fsp3) is 0.130. The lowest BCUT2D eigenvalue weighted by Crippen LogP contribution is -2.14. The number of thioether (sulfide) groups is 1. The van der Waals surface area contributed by atoms with Crippen LogP contribution >= 0.6 is 34.7 Å². The van der Waals surface area contributed by atoms with Crippen LogP contribution in [-0.4, -0.2) is 31.4 Å². The average Bonchev–Trinajstić information content (AvgIpc) is 3.40. The summed E-state index contributed by atoms with van der Waals surface area (Å²) in [5, 5.41) is 15.2. The number of nitrogens with zero attached hydrogens (tertiary/aromatic N) is 4. The van der Waals surface area contributed by atoms with Gasteiger partial charge in [-0.2, -0.15) is 0 Å². The third-order valence-electron chi connectivity index (χ3n) is 4.54. The number of allylic oxidation sites excluding steroid dienone is 1. The molecule has 0 saturated heterocycles. The van der Waals surface area contributed by atoms with Crippen molar-refractivity contribution in [1.82, 2.24) is 19.7 Å². The molecule has 0 saturated carbocycles. The van der Waals surface area contributed by atoms with Gasteiger partial charge in [0.25, 0.3) is 0 Å². The van der Waals surface area contributed by atoms with Crippen LogP contribution < -0.4 is 5.32 Å². The Hall–Kier alpha value is -2.94. The van der Waals surface area contributed by atoms with Crippen molar-refractivity contribution in [1.29, 1.82) is 0 Å². The van der Waals surface area contributed by atoms with Gasteiger partial charge < -0.3 is 5.32 Å². The molecular weight excluding hydrogens is 462 g/mol. The molecule has 1 N–H and O–H groups in total. The summed E-state index contributed by atoms with van der Waals surface area (Å²) in [6, 6.07) is 15.6. The second-order valence-electron chi connectivity index (χ2n) is 6.96. The Bertz CT molecular complexity index is 1250. The Morgan fingerprint density at radius 2 is 2.03 bits per heavy atom. The molecule has 2 heterocycles. The fourth-order valence-electron chi connectivity index (χ4n) is 3.00. The van der Waals surface area contributed by atoms with Crippen LogP contribution in [0.5, 0.6) is 0 Å². The van der Waals surface area contributed by atoms with Gasteiger partial charge in [-0.1, -0.05) is 71.4 Å². The molecule has 6 nitrogen and oxygen atoms in total. The zero-order valence-corrected chi connectivity index (χ0v) is 19.7. The van der Waals surface area contributed by atoms with Gasteiger partial charge in [-0.25, -0.2) is 4.98 Å². The molecule has 0 bridgehead atoms. The van der Waals surface area contributed by atoms with Crippen molar-refractivity contribution in [3.05, 3.63) is 77.2 Å². The fourth-order valence-corrected chi connectivity index (χ4v) is 4.68. The molecule has 0 radical (unpaired) electrons. The maximum absolute atomic E-state index is 12.5. The van der Waals surface area contributed by atoms with Crippen LogP contribution in [0.25, 0.3) is 22.6 Å². The van der Waals surface area contributed by atoms with Crippen molar-refractivity contribution in [3.63, 3.8) is 0 Å². The molecule has 0 spiro atoms. The molecule has 32 heavy (non-hydrogen) atoms. The molecule has 0 fully saturated rings. The van der Waals surface area contributed by atoms with Crippen LogP contribution in [0.1, 0.15) is 5.56 Å². The average molecular weight is 482 g/mol. The van der Waals surface area contributed by atoms with Gasteiger partial charge in [-0.05, 0) is 19.1 Å². The normalized spacial score (nSPS) is 10.8. The number of carbonyl (C=O) groups excluding carboxylic acids is 1. The SMILES string of the molecule is C=CCn1c(SCC(=O)Nc2nc(-c3ccc(C)cc3)cs2)nnc1-c1cccc(Cl)c1. The van der Waals surface area contributed by atoms with Gasteiger partial charge >= 0.3 is 0 Å². The minimum Gasteiger partial charge on any atom is -0.301 e. The molecule has 2 aromatic heterocycles. The number of amides is 1. The molecule has 4 aromatic rings. The quantitative estimate of drug-likeness (QED) is 0.249. The third-order valence-corrected chi connectivity index (χ3v) is 6.50. The highest BCUT2D eigenvalue weighted by Gasteiger charge is 2.16. The zero-order chi connectivity index (χ0) is 22.5. The summed E-state index contributed by atoms with van der Waals surface area (Å²) in [6.07, 6.45) is 1.77. The van der Waals surface area contributed by atoms with Crippen molar-refractivity contribution >= 4 is 45.7 Å². The first-order valence-electron chi connectivity index (χ1n) is 9.79. The molecule has 0 unspecified atom stereocenters. The van der Waals surface area contributed by atoms with Crippen molar-refractivity contribution in [2.45, 2.75) is 18.6 Å². The Morgan fingerprint density at radius 3 is 2.78 bits per heavy atom. The van der Waals surface area contributed by atoms with E-state index in [-0.39, 0.29) is 11.7 Å². The molecule has 162 valence electrons. The number of aryl methyl sites for hydroxylation is 1.